The van der Waals surface area contributed by atoms with Crippen molar-refractivity contribution in [2.75, 3.05) is 18.8 Å². The lowest BCUT2D eigenvalue weighted by molar-refractivity contribution is -0.127. The number of carbonyl (C=O) groups is 1. The molecule has 9 heteroatoms. The van der Waals surface area contributed by atoms with E-state index in [0.29, 0.717) is 32.5 Å². The van der Waals surface area contributed by atoms with Crippen molar-refractivity contribution in [1.82, 2.24) is 19.2 Å². The zero-order chi connectivity index (χ0) is 22.7. The van der Waals surface area contributed by atoms with Gasteiger partial charge in [-0.15, -0.1) is 0 Å². The standard InChI is InChI=1S/C23H27FN4O3S/c1-2-32(30,31)28-13-11-18(12-14-28)23(29)26-21(17-7-9-19(24)10-8-17)15-27-16-25-20-5-3-4-6-22(20)27/h3-10,16,18,21H,2,11-15H2,1H3,(H,26,29)/t21-/m1/s1. The van der Waals surface area contributed by atoms with E-state index in [9.17, 15) is 17.6 Å². The van der Waals surface area contributed by atoms with Crippen molar-refractivity contribution in [3.05, 3.63) is 66.2 Å². The number of hydrogen-bond acceptors (Lipinski definition) is 4. The van der Waals surface area contributed by atoms with Crippen LogP contribution in [0.15, 0.2) is 54.9 Å². The largest absolute Gasteiger partial charge is 0.347 e. The Hall–Kier alpha value is -2.78. The molecule has 1 aromatic heterocycles. The van der Waals surface area contributed by atoms with Crippen LogP contribution in [0.4, 0.5) is 4.39 Å². The van der Waals surface area contributed by atoms with Crippen molar-refractivity contribution in [2.45, 2.75) is 32.4 Å². The van der Waals surface area contributed by atoms with Gasteiger partial charge in [0.15, 0.2) is 0 Å². The first-order valence-electron chi connectivity index (χ1n) is 10.8. The molecule has 170 valence electrons. The predicted molar refractivity (Wildman–Crippen MR) is 121 cm³/mol. The maximum absolute atomic E-state index is 13.5. The van der Waals surface area contributed by atoms with Gasteiger partial charge in [-0.1, -0.05) is 24.3 Å². The fourth-order valence-corrected chi connectivity index (χ4v) is 5.28. The summed E-state index contributed by atoms with van der Waals surface area (Å²) in [6.07, 6.45) is 2.70. The number of rotatable bonds is 7. The summed E-state index contributed by atoms with van der Waals surface area (Å²) in [6, 6.07) is 13.5. The molecule has 0 unspecified atom stereocenters. The number of benzene rings is 2. The van der Waals surface area contributed by atoms with Crippen LogP contribution >= 0.6 is 0 Å². The smallest absolute Gasteiger partial charge is 0.223 e. The molecule has 3 aromatic rings. The molecule has 1 amide bonds. The van der Waals surface area contributed by atoms with Crippen molar-refractivity contribution >= 4 is 27.0 Å². The van der Waals surface area contributed by atoms with Gasteiger partial charge in [-0.3, -0.25) is 4.79 Å². The average molecular weight is 459 g/mol. The molecule has 1 saturated heterocycles. The van der Waals surface area contributed by atoms with Crippen LogP contribution in [-0.4, -0.2) is 47.0 Å². The Morgan fingerprint density at radius 3 is 2.53 bits per heavy atom. The van der Waals surface area contributed by atoms with Gasteiger partial charge in [-0.25, -0.2) is 22.1 Å². The third-order valence-electron chi connectivity index (χ3n) is 6.08. The fraction of sp³-hybridized carbons (Fsp3) is 0.391. The minimum Gasteiger partial charge on any atom is -0.347 e. The number of halogens is 1. The number of hydrogen-bond donors (Lipinski definition) is 1. The number of para-hydroxylation sites is 2. The number of nitrogens with zero attached hydrogens (tertiary/aromatic N) is 3. The van der Waals surface area contributed by atoms with Crippen molar-refractivity contribution in [3.63, 3.8) is 0 Å². The summed E-state index contributed by atoms with van der Waals surface area (Å²) in [6.45, 7) is 2.77. The van der Waals surface area contributed by atoms with Gasteiger partial charge in [0, 0.05) is 25.6 Å². The van der Waals surface area contributed by atoms with Crippen LogP contribution in [0.25, 0.3) is 11.0 Å². The van der Waals surface area contributed by atoms with Crippen molar-refractivity contribution in [3.8, 4) is 0 Å². The molecule has 1 atom stereocenters. The Kier molecular flexibility index (Phi) is 6.57. The molecule has 0 bridgehead atoms. The number of carbonyl (C=O) groups excluding carboxylic acids is 1. The molecular formula is C23H27FN4O3S. The van der Waals surface area contributed by atoms with Crippen molar-refractivity contribution < 1.29 is 17.6 Å². The van der Waals surface area contributed by atoms with Gasteiger partial charge in [-0.05, 0) is 49.6 Å². The van der Waals surface area contributed by atoms with Gasteiger partial charge >= 0.3 is 0 Å². The van der Waals surface area contributed by atoms with Gasteiger partial charge in [0.1, 0.15) is 5.82 Å². The van der Waals surface area contributed by atoms with Gasteiger partial charge in [0.2, 0.25) is 15.9 Å². The van der Waals surface area contributed by atoms with E-state index in [1.54, 1.807) is 25.4 Å². The maximum atomic E-state index is 13.5. The van der Waals surface area contributed by atoms with Gasteiger partial charge in [0.25, 0.3) is 0 Å². The Morgan fingerprint density at radius 1 is 1.16 bits per heavy atom. The third kappa shape index (κ3) is 4.83. The lowest BCUT2D eigenvalue weighted by Gasteiger charge is -2.31. The highest BCUT2D eigenvalue weighted by atomic mass is 32.2. The second-order valence-electron chi connectivity index (χ2n) is 8.07. The molecule has 1 N–H and O–H groups in total. The SMILES string of the molecule is CCS(=O)(=O)N1CCC(C(=O)N[C@H](Cn2cnc3ccccc32)c2ccc(F)cc2)CC1. The normalized spacial score (nSPS) is 16.8. The van der Waals surface area contributed by atoms with E-state index in [4.69, 9.17) is 0 Å². The number of sulfonamides is 1. The summed E-state index contributed by atoms with van der Waals surface area (Å²) in [4.78, 5) is 17.5. The number of nitrogens with one attached hydrogen (secondary N) is 1. The summed E-state index contributed by atoms with van der Waals surface area (Å²) in [5.74, 6) is -0.649. The molecule has 1 aliphatic rings. The second kappa shape index (κ2) is 9.38. The predicted octanol–water partition coefficient (Wildman–Crippen LogP) is 3.09. The molecule has 0 aliphatic carbocycles. The molecular weight excluding hydrogens is 431 g/mol. The van der Waals surface area contributed by atoms with Crippen molar-refractivity contribution in [2.24, 2.45) is 5.92 Å². The number of fused-ring (bicyclic) bond motifs is 1. The molecule has 0 spiro atoms. The van der Waals surface area contributed by atoms with Gasteiger partial charge < -0.3 is 9.88 Å². The number of amides is 1. The van der Waals surface area contributed by atoms with Crippen LogP contribution in [0.1, 0.15) is 31.4 Å². The summed E-state index contributed by atoms with van der Waals surface area (Å²) in [5, 5.41) is 3.12. The minimum atomic E-state index is -3.24. The lowest BCUT2D eigenvalue weighted by Crippen LogP contribution is -2.44. The molecule has 32 heavy (non-hydrogen) atoms. The second-order valence-corrected chi connectivity index (χ2v) is 10.3. The molecule has 1 fully saturated rings. The zero-order valence-electron chi connectivity index (χ0n) is 17.9. The van der Waals surface area contributed by atoms with E-state index in [2.05, 4.69) is 10.3 Å². The van der Waals surface area contributed by atoms with E-state index in [1.165, 1.54) is 16.4 Å². The van der Waals surface area contributed by atoms with Crippen LogP contribution < -0.4 is 5.32 Å². The molecule has 2 aromatic carbocycles. The summed E-state index contributed by atoms with van der Waals surface area (Å²) < 4.78 is 41.1. The summed E-state index contributed by atoms with van der Waals surface area (Å²) in [7, 11) is -3.24. The molecule has 0 radical (unpaired) electrons. The van der Waals surface area contributed by atoms with Gasteiger partial charge in [-0.2, -0.15) is 0 Å². The molecule has 7 nitrogen and oxygen atoms in total. The number of imidazole rings is 1. The monoisotopic (exact) mass is 458 g/mol. The first kappa shape index (κ1) is 22.4. The topological polar surface area (TPSA) is 84.3 Å². The van der Waals surface area contributed by atoms with Crippen LogP contribution in [0.5, 0.6) is 0 Å². The van der Waals surface area contributed by atoms with Crippen LogP contribution in [0.3, 0.4) is 0 Å². The number of piperidine rings is 1. The van der Waals surface area contributed by atoms with Crippen LogP contribution in [-0.2, 0) is 21.4 Å². The Labute approximate surface area is 187 Å². The highest BCUT2D eigenvalue weighted by Gasteiger charge is 2.31. The fourth-order valence-electron chi connectivity index (χ4n) is 4.15. The van der Waals surface area contributed by atoms with E-state index in [0.717, 1.165) is 16.6 Å². The zero-order valence-corrected chi connectivity index (χ0v) is 18.8. The lowest BCUT2D eigenvalue weighted by atomic mass is 9.96. The van der Waals surface area contributed by atoms with Crippen LogP contribution in [0, 0.1) is 11.7 Å². The quantitative estimate of drug-likeness (QED) is 0.590. The average Bonchev–Trinajstić information content (AvgIpc) is 3.22. The first-order chi connectivity index (χ1) is 15.4. The highest BCUT2D eigenvalue weighted by Crippen LogP contribution is 2.24. The third-order valence-corrected chi connectivity index (χ3v) is 7.96. The molecule has 4 rings (SSSR count). The minimum absolute atomic E-state index is 0.0648. The van der Waals surface area contributed by atoms with E-state index >= 15 is 0 Å². The Morgan fingerprint density at radius 2 is 1.84 bits per heavy atom. The number of aromatic nitrogens is 2. The molecule has 2 heterocycles. The maximum Gasteiger partial charge on any atom is 0.223 e. The first-order valence-corrected chi connectivity index (χ1v) is 12.4. The van der Waals surface area contributed by atoms with E-state index < -0.39 is 10.0 Å². The van der Waals surface area contributed by atoms with Crippen molar-refractivity contribution in [1.29, 1.82) is 0 Å². The summed E-state index contributed by atoms with van der Waals surface area (Å²) in [5.41, 5.74) is 2.61. The molecule has 0 saturated carbocycles. The van der Waals surface area contributed by atoms with Crippen LogP contribution in [0.2, 0.25) is 0 Å². The summed E-state index contributed by atoms with van der Waals surface area (Å²) >= 11 is 0. The Balaban J connectivity index is 1.51. The van der Waals surface area contributed by atoms with E-state index in [-0.39, 0.29) is 29.4 Å². The molecule has 1 aliphatic heterocycles. The van der Waals surface area contributed by atoms with E-state index in [1.807, 2.05) is 28.8 Å². The highest BCUT2D eigenvalue weighted by molar-refractivity contribution is 7.89. The van der Waals surface area contributed by atoms with Gasteiger partial charge in [0.05, 0.1) is 29.2 Å². The Bertz CT molecular complexity index is 1190.